The molecule has 1 aromatic carbocycles. The molecular weight excluding hydrogens is 486 g/mol. The maximum absolute atomic E-state index is 13.4. The Balaban J connectivity index is 1.83. The van der Waals surface area contributed by atoms with Crippen molar-refractivity contribution in [3.05, 3.63) is 23.8 Å². The number of benzene rings is 1. The lowest BCUT2D eigenvalue weighted by Gasteiger charge is -2.34. The number of fused-ring (bicyclic) bond motifs is 1. The smallest absolute Gasteiger partial charge is 0.319 e. The van der Waals surface area contributed by atoms with Gasteiger partial charge in [0.15, 0.2) is 0 Å². The Labute approximate surface area is 226 Å². The normalized spacial score (nSPS) is 21.3. The molecule has 0 radical (unpaired) electrons. The van der Waals surface area contributed by atoms with Gasteiger partial charge in [0.1, 0.15) is 11.9 Å². The van der Waals surface area contributed by atoms with Crippen LogP contribution in [-0.2, 0) is 11.2 Å². The van der Waals surface area contributed by atoms with E-state index in [1.54, 1.807) is 35.0 Å². The molecule has 5 amide bonds. The number of aliphatic hydroxyl groups excluding tert-OH is 1. The second kappa shape index (κ2) is 13.7. The van der Waals surface area contributed by atoms with Crippen molar-refractivity contribution in [2.24, 2.45) is 5.92 Å². The van der Waals surface area contributed by atoms with Crippen LogP contribution in [0, 0.1) is 5.92 Å². The second-order valence-corrected chi connectivity index (χ2v) is 11.1. The van der Waals surface area contributed by atoms with E-state index in [-0.39, 0.29) is 55.0 Å². The number of anilines is 1. The molecule has 1 aromatic rings. The van der Waals surface area contributed by atoms with Crippen molar-refractivity contribution < 1.29 is 24.2 Å². The highest BCUT2D eigenvalue weighted by Gasteiger charge is 2.32. The fraction of sp³-hybridized carbons (Fsp3) is 0.679. The molecule has 0 spiro atoms. The predicted octanol–water partition coefficient (Wildman–Crippen LogP) is 3.34. The monoisotopic (exact) mass is 531 g/mol. The molecule has 0 unspecified atom stereocenters. The van der Waals surface area contributed by atoms with E-state index in [2.05, 4.69) is 16.0 Å². The predicted molar refractivity (Wildman–Crippen MR) is 147 cm³/mol. The zero-order valence-corrected chi connectivity index (χ0v) is 23.5. The number of likely N-dealkylation sites (N-methyl/N-ethyl adjacent to an activating group) is 1. The minimum atomic E-state index is -0.399. The topological polar surface area (TPSA) is 123 Å². The fourth-order valence-corrected chi connectivity index (χ4v) is 5.03. The maximum Gasteiger partial charge on any atom is 0.319 e. The van der Waals surface area contributed by atoms with Crippen molar-refractivity contribution in [3.63, 3.8) is 0 Å². The number of urea groups is 2. The van der Waals surface area contributed by atoms with Gasteiger partial charge in [-0.15, -0.1) is 0 Å². The number of rotatable bonds is 7. The molecule has 0 aromatic heterocycles. The van der Waals surface area contributed by atoms with Crippen LogP contribution >= 0.6 is 0 Å². The highest BCUT2D eigenvalue weighted by atomic mass is 16.5. The summed E-state index contributed by atoms with van der Waals surface area (Å²) in [4.78, 5) is 41.8. The van der Waals surface area contributed by atoms with Gasteiger partial charge >= 0.3 is 12.1 Å². The van der Waals surface area contributed by atoms with Gasteiger partial charge < -0.3 is 35.6 Å². The van der Waals surface area contributed by atoms with Crippen LogP contribution in [-0.4, -0.2) is 83.8 Å². The zero-order valence-electron chi connectivity index (χ0n) is 23.5. The summed E-state index contributed by atoms with van der Waals surface area (Å²) in [5.41, 5.74) is 1.22. The first-order valence-corrected chi connectivity index (χ1v) is 13.9. The Kier molecular flexibility index (Phi) is 10.6. The molecule has 38 heavy (non-hydrogen) atoms. The van der Waals surface area contributed by atoms with Crippen LogP contribution < -0.4 is 20.7 Å². The first kappa shape index (κ1) is 29.5. The molecule has 212 valence electrons. The third kappa shape index (κ3) is 8.24. The van der Waals surface area contributed by atoms with Gasteiger partial charge in [0.2, 0.25) is 5.91 Å². The van der Waals surface area contributed by atoms with E-state index in [9.17, 15) is 19.5 Å². The highest BCUT2D eigenvalue weighted by Crippen LogP contribution is 2.29. The molecular formula is C28H45N5O5. The summed E-state index contributed by atoms with van der Waals surface area (Å²) in [5, 5.41) is 18.7. The van der Waals surface area contributed by atoms with Gasteiger partial charge in [-0.2, -0.15) is 0 Å². The number of hydrogen-bond acceptors (Lipinski definition) is 5. The Morgan fingerprint density at radius 3 is 2.55 bits per heavy atom. The molecule has 0 bridgehead atoms. The fourth-order valence-electron chi connectivity index (χ4n) is 5.03. The molecule has 1 heterocycles. The second-order valence-electron chi connectivity index (χ2n) is 11.1. The van der Waals surface area contributed by atoms with Crippen molar-refractivity contribution in [2.45, 2.75) is 90.4 Å². The van der Waals surface area contributed by atoms with Gasteiger partial charge in [-0.3, -0.25) is 4.79 Å². The number of carbonyl (C=O) groups is 3. The number of nitrogens with one attached hydrogen (secondary N) is 3. The zero-order chi connectivity index (χ0) is 27.8. The minimum Gasteiger partial charge on any atom is -0.488 e. The van der Waals surface area contributed by atoms with Crippen molar-refractivity contribution >= 4 is 23.7 Å². The Morgan fingerprint density at radius 2 is 1.89 bits per heavy atom. The number of amides is 5. The summed E-state index contributed by atoms with van der Waals surface area (Å²) >= 11 is 0. The van der Waals surface area contributed by atoms with Crippen molar-refractivity contribution in [2.75, 3.05) is 32.1 Å². The van der Waals surface area contributed by atoms with Crippen LogP contribution in [0.5, 0.6) is 5.75 Å². The van der Waals surface area contributed by atoms with E-state index < -0.39 is 6.10 Å². The van der Waals surface area contributed by atoms with Gasteiger partial charge in [0.25, 0.3) is 0 Å². The largest absolute Gasteiger partial charge is 0.488 e. The van der Waals surface area contributed by atoms with Crippen molar-refractivity contribution in [1.29, 1.82) is 0 Å². The van der Waals surface area contributed by atoms with Crippen LogP contribution in [0.2, 0.25) is 0 Å². The summed E-state index contributed by atoms with van der Waals surface area (Å²) in [6.45, 7) is 8.15. The third-order valence-corrected chi connectivity index (χ3v) is 7.33. The average molecular weight is 532 g/mol. The number of carbonyl (C=O) groups excluding carboxylic acids is 3. The van der Waals surface area contributed by atoms with Gasteiger partial charge in [-0.25, -0.2) is 9.59 Å². The quantitative estimate of drug-likeness (QED) is 0.430. The molecule has 2 aliphatic rings. The minimum absolute atomic E-state index is 0.00398. The number of nitrogens with zero attached hydrogens (tertiary/aromatic N) is 2. The van der Waals surface area contributed by atoms with E-state index >= 15 is 0 Å². The maximum atomic E-state index is 13.4. The van der Waals surface area contributed by atoms with Gasteiger partial charge in [0, 0.05) is 42.8 Å². The van der Waals surface area contributed by atoms with E-state index in [1.165, 1.54) is 6.42 Å². The molecule has 0 saturated heterocycles. The van der Waals surface area contributed by atoms with Crippen LogP contribution in [0.3, 0.4) is 0 Å². The molecule has 1 aliphatic heterocycles. The van der Waals surface area contributed by atoms with E-state index in [0.717, 1.165) is 25.7 Å². The molecule has 1 fully saturated rings. The lowest BCUT2D eigenvalue weighted by atomic mass is 9.96. The summed E-state index contributed by atoms with van der Waals surface area (Å²) in [6, 6.07) is 4.69. The molecule has 4 N–H and O–H groups in total. The van der Waals surface area contributed by atoms with Crippen LogP contribution in [0.25, 0.3) is 0 Å². The average Bonchev–Trinajstić information content (AvgIpc) is 2.91. The molecule has 10 nitrogen and oxygen atoms in total. The lowest BCUT2D eigenvalue weighted by Crippen LogP contribution is -2.49. The Bertz CT molecular complexity index is 965. The van der Waals surface area contributed by atoms with Crippen molar-refractivity contribution in [1.82, 2.24) is 20.4 Å². The highest BCUT2D eigenvalue weighted by molar-refractivity contribution is 5.90. The SMILES string of the molecule is CC(C)NC(=O)N(C)C[C@H]1Oc2ccc(NC(=O)NC3CCCCC3)cc2CC(=O)N([C@@H](C)CO)C[C@@H]1C. The third-order valence-electron chi connectivity index (χ3n) is 7.33. The van der Waals surface area contributed by atoms with Crippen molar-refractivity contribution in [3.8, 4) is 5.75 Å². The van der Waals surface area contributed by atoms with E-state index in [0.29, 0.717) is 30.1 Å². The number of ether oxygens (including phenoxy) is 1. The molecule has 3 rings (SSSR count). The molecule has 1 saturated carbocycles. The number of hydrogen-bond donors (Lipinski definition) is 4. The Hall–Kier alpha value is -3.01. The van der Waals surface area contributed by atoms with E-state index in [4.69, 9.17) is 4.74 Å². The standard InChI is InChI=1S/C28H45N5O5/c1-18(2)29-28(37)32(5)16-25-19(3)15-33(20(4)17-34)26(35)14-21-13-23(11-12-24(21)38-25)31-27(36)30-22-9-7-6-8-10-22/h11-13,18-20,22,25,34H,6-10,14-17H2,1-5H3,(H,29,37)(H2,30,31,36)/t19-,20-,25+/m0/s1. The first-order chi connectivity index (χ1) is 18.1. The summed E-state index contributed by atoms with van der Waals surface area (Å²) in [6.07, 6.45) is 5.11. The summed E-state index contributed by atoms with van der Waals surface area (Å²) < 4.78 is 6.46. The molecule has 3 atom stereocenters. The van der Waals surface area contributed by atoms with Crippen LogP contribution in [0.4, 0.5) is 15.3 Å². The number of aliphatic hydroxyl groups is 1. The summed E-state index contributed by atoms with van der Waals surface area (Å²) in [5.74, 6) is 0.301. The molecule has 10 heteroatoms. The van der Waals surface area contributed by atoms with Crippen LogP contribution in [0.15, 0.2) is 18.2 Å². The van der Waals surface area contributed by atoms with E-state index in [1.807, 2.05) is 27.7 Å². The van der Waals surface area contributed by atoms with Crippen LogP contribution in [0.1, 0.15) is 65.4 Å². The molecule has 1 aliphatic carbocycles. The van der Waals surface area contributed by atoms with Gasteiger partial charge in [-0.05, 0) is 51.8 Å². The summed E-state index contributed by atoms with van der Waals surface area (Å²) in [7, 11) is 1.72. The lowest BCUT2D eigenvalue weighted by molar-refractivity contribution is -0.134. The van der Waals surface area contributed by atoms with Gasteiger partial charge in [0.05, 0.1) is 25.6 Å². The Morgan fingerprint density at radius 1 is 1.18 bits per heavy atom. The van der Waals surface area contributed by atoms with Gasteiger partial charge in [-0.1, -0.05) is 26.2 Å². The first-order valence-electron chi connectivity index (χ1n) is 13.9.